The highest BCUT2D eigenvalue weighted by atomic mass is 32.2. The van der Waals surface area contributed by atoms with E-state index in [1.165, 1.54) is 6.26 Å². The lowest BCUT2D eigenvalue weighted by molar-refractivity contribution is 0.595. The summed E-state index contributed by atoms with van der Waals surface area (Å²) in [7, 11) is 0.787. The van der Waals surface area contributed by atoms with Crippen LogP contribution in [0.1, 0.15) is 38.9 Å². The second-order valence-electron chi connectivity index (χ2n) is 5.83. The van der Waals surface area contributed by atoms with Crippen LogP contribution in [-0.4, -0.2) is 55.5 Å². The molecule has 1 atom stereocenters. The molecule has 0 aliphatic rings. The number of sulfone groups is 1. The minimum atomic E-state index is -2.96. The highest BCUT2D eigenvalue weighted by Crippen LogP contribution is 2.15. The van der Waals surface area contributed by atoms with Crippen molar-refractivity contribution in [1.82, 2.24) is 15.0 Å². The van der Waals surface area contributed by atoms with E-state index < -0.39 is 9.84 Å². The molecule has 7 nitrogen and oxygen atoms in total. The third-order valence-corrected chi connectivity index (χ3v) is 3.83. The zero-order valence-electron chi connectivity index (χ0n) is 13.6. The summed E-state index contributed by atoms with van der Waals surface area (Å²) in [5.41, 5.74) is 0. The molecule has 1 N–H and O–H groups in total. The van der Waals surface area contributed by atoms with Crippen LogP contribution in [0.4, 0.5) is 11.9 Å². The molecule has 0 fully saturated rings. The van der Waals surface area contributed by atoms with Crippen molar-refractivity contribution in [1.29, 1.82) is 0 Å². The van der Waals surface area contributed by atoms with Gasteiger partial charge in [0.15, 0.2) is 0 Å². The fourth-order valence-corrected chi connectivity index (χ4v) is 2.37. The predicted molar refractivity (Wildman–Crippen MR) is 85.7 cm³/mol. The minimum Gasteiger partial charge on any atom is -0.352 e. The molecule has 0 spiro atoms. The summed E-state index contributed by atoms with van der Waals surface area (Å²) < 4.78 is 22.4. The number of nitrogens with zero attached hydrogens (tertiary/aromatic N) is 4. The Morgan fingerprint density at radius 3 is 2.24 bits per heavy atom. The number of anilines is 2. The number of aromatic nitrogens is 3. The zero-order chi connectivity index (χ0) is 16.2. The van der Waals surface area contributed by atoms with Crippen LogP contribution in [0, 0.1) is 0 Å². The first-order valence-electron chi connectivity index (χ1n) is 6.96. The van der Waals surface area contributed by atoms with Gasteiger partial charge in [-0.05, 0) is 13.3 Å². The van der Waals surface area contributed by atoms with Gasteiger partial charge in [-0.3, -0.25) is 0 Å². The van der Waals surface area contributed by atoms with Gasteiger partial charge < -0.3 is 10.2 Å². The summed E-state index contributed by atoms with van der Waals surface area (Å²) in [6.07, 6.45) is 1.75. The van der Waals surface area contributed by atoms with Gasteiger partial charge >= 0.3 is 0 Å². The Morgan fingerprint density at radius 2 is 1.76 bits per heavy atom. The first-order valence-corrected chi connectivity index (χ1v) is 9.02. The summed E-state index contributed by atoms with van der Waals surface area (Å²) in [6.45, 7) is 5.95. The van der Waals surface area contributed by atoms with Gasteiger partial charge in [-0.2, -0.15) is 15.0 Å². The van der Waals surface area contributed by atoms with E-state index in [1.807, 2.05) is 39.8 Å². The lowest BCUT2D eigenvalue weighted by Crippen LogP contribution is -2.23. The summed E-state index contributed by atoms with van der Waals surface area (Å²) in [5.74, 6) is 2.12. The normalized spacial score (nSPS) is 13.3. The van der Waals surface area contributed by atoms with Gasteiger partial charge in [-0.25, -0.2) is 8.42 Å². The van der Waals surface area contributed by atoms with Gasteiger partial charge in [0.05, 0.1) is 5.75 Å². The molecular weight excluding hydrogens is 290 g/mol. The molecule has 0 aliphatic carbocycles. The Labute approximate surface area is 127 Å². The van der Waals surface area contributed by atoms with E-state index in [2.05, 4.69) is 20.3 Å². The summed E-state index contributed by atoms with van der Waals surface area (Å²) >= 11 is 0. The van der Waals surface area contributed by atoms with Gasteiger partial charge in [-0.15, -0.1) is 0 Å². The smallest absolute Gasteiger partial charge is 0.229 e. The van der Waals surface area contributed by atoms with Gasteiger partial charge in [0.1, 0.15) is 15.7 Å². The van der Waals surface area contributed by atoms with Crippen molar-refractivity contribution in [2.75, 3.05) is 36.3 Å². The van der Waals surface area contributed by atoms with Crippen LogP contribution in [0.15, 0.2) is 0 Å². The Bertz CT molecular complexity index is 546. The Kier molecular flexibility index (Phi) is 5.88. The van der Waals surface area contributed by atoms with Gasteiger partial charge in [0, 0.05) is 32.3 Å². The highest BCUT2D eigenvalue weighted by Gasteiger charge is 2.13. The average molecular weight is 315 g/mol. The van der Waals surface area contributed by atoms with E-state index in [-0.39, 0.29) is 17.7 Å². The van der Waals surface area contributed by atoms with E-state index >= 15 is 0 Å². The van der Waals surface area contributed by atoms with E-state index in [0.29, 0.717) is 24.1 Å². The van der Waals surface area contributed by atoms with Crippen molar-refractivity contribution in [3.63, 3.8) is 0 Å². The number of rotatable bonds is 7. The van der Waals surface area contributed by atoms with Crippen LogP contribution in [0.2, 0.25) is 0 Å². The second kappa shape index (κ2) is 7.02. The molecule has 120 valence electrons. The summed E-state index contributed by atoms with van der Waals surface area (Å²) in [5, 5.41) is 3.15. The maximum absolute atomic E-state index is 11.2. The lowest BCUT2D eigenvalue weighted by Gasteiger charge is -2.17. The van der Waals surface area contributed by atoms with E-state index in [1.54, 1.807) is 0 Å². The van der Waals surface area contributed by atoms with Crippen molar-refractivity contribution in [3.8, 4) is 0 Å². The molecule has 0 saturated heterocycles. The van der Waals surface area contributed by atoms with Gasteiger partial charge in [-0.1, -0.05) is 13.8 Å². The Morgan fingerprint density at radius 1 is 1.14 bits per heavy atom. The number of nitrogens with one attached hydrogen (secondary N) is 1. The molecule has 0 aromatic carbocycles. The predicted octanol–water partition coefficient (Wildman–Crippen LogP) is 1.30. The molecule has 1 heterocycles. The maximum Gasteiger partial charge on any atom is 0.229 e. The van der Waals surface area contributed by atoms with E-state index in [9.17, 15) is 8.42 Å². The molecule has 1 unspecified atom stereocenters. The fourth-order valence-electron chi connectivity index (χ4n) is 1.59. The minimum absolute atomic E-state index is 0.0304. The zero-order valence-corrected chi connectivity index (χ0v) is 14.4. The molecule has 0 radical (unpaired) electrons. The molecular formula is C13H25N5O2S. The molecule has 0 bridgehead atoms. The van der Waals surface area contributed by atoms with Crippen LogP contribution in [0.3, 0.4) is 0 Å². The quantitative estimate of drug-likeness (QED) is 0.811. The van der Waals surface area contributed by atoms with Crippen molar-refractivity contribution < 1.29 is 8.42 Å². The molecule has 8 heteroatoms. The Hall–Kier alpha value is -1.44. The first-order chi connectivity index (χ1) is 9.58. The van der Waals surface area contributed by atoms with Crippen LogP contribution >= 0.6 is 0 Å². The molecule has 1 rings (SSSR count). The van der Waals surface area contributed by atoms with E-state index in [4.69, 9.17) is 0 Å². The summed E-state index contributed by atoms with van der Waals surface area (Å²) in [6, 6.07) is -0.0304. The van der Waals surface area contributed by atoms with Crippen LogP contribution in [0.5, 0.6) is 0 Å². The second-order valence-corrected chi connectivity index (χ2v) is 8.09. The molecule has 0 aliphatic heterocycles. The van der Waals surface area contributed by atoms with Crippen molar-refractivity contribution in [2.24, 2.45) is 0 Å². The molecule has 1 aromatic rings. The largest absolute Gasteiger partial charge is 0.352 e. The average Bonchev–Trinajstić information content (AvgIpc) is 2.35. The van der Waals surface area contributed by atoms with Gasteiger partial charge in [0.2, 0.25) is 11.9 Å². The molecule has 0 saturated carbocycles. The fraction of sp³-hybridized carbons (Fsp3) is 0.769. The van der Waals surface area contributed by atoms with Crippen LogP contribution < -0.4 is 10.2 Å². The Balaban J connectivity index is 2.86. The van der Waals surface area contributed by atoms with E-state index in [0.717, 1.165) is 0 Å². The standard InChI is InChI=1S/C13H25N5O2S/c1-9(2)11-15-12(17-13(16-11)18(4)5)14-10(3)7-8-21(6,19)20/h9-10H,7-8H2,1-6H3,(H,14,15,16,17). The van der Waals surface area contributed by atoms with Crippen molar-refractivity contribution >= 4 is 21.7 Å². The van der Waals surface area contributed by atoms with Crippen LogP contribution in [0.25, 0.3) is 0 Å². The monoisotopic (exact) mass is 315 g/mol. The van der Waals surface area contributed by atoms with Gasteiger partial charge in [0.25, 0.3) is 0 Å². The topological polar surface area (TPSA) is 88.1 Å². The lowest BCUT2D eigenvalue weighted by atomic mass is 10.2. The number of hydrogen-bond acceptors (Lipinski definition) is 7. The molecule has 1 aromatic heterocycles. The highest BCUT2D eigenvalue weighted by molar-refractivity contribution is 7.90. The van der Waals surface area contributed by atoms with Crippen molar-refractivity contribution in [3.05, 3.63) is 5.82 Å². The van der Waals surface area contributed by atoms with Crippen molar-refractivity contribution in [2.45, 2.75) is 39.2 Å². The first kappa shape index (κ1) is 17.6. The summed E-state index contributed by atoms with van der Waals surface area (Å²) in [4.78, 5) is 14.9. The molecule has 0 amide bonds. The maximum atomic E-state index is 11.2. The van der Waals surface area contributed by atoms with Crippen LogP contribution in [-0.2, 0) is 9.84 Å². The molecule has 21 heavy (non-hydrogen) atoms. The SMILES string of the molecule is CC(CCS(C)(=O)=O)Nc1nc(C(C)C)nc(N(C)C)n1. The third-order valence-electron chi connectivity index (χ3n) is 2.85. The third kappa shape index (κ3) is 6.24. The number of hydrogen-bond donors (Lipinski definition) is 1.